The maximum Gasteiger partial charge on any atom is 0.283 e. The van der Waals surface area contributed by atoms with Gasteiger partial charge >= 0.3 is 0 Å². The molecule has 0 aromatic heterocycles. The van der Waals surface area contributed by atoms with Gasteiger partial charge in [0.1, 0.15) is 0 Å². The molecule has 0 spiro atoms. The largest absolute Gasteiger partial charge is 0.302 e. The average Bonchev–Trinajstić information content (AvgIpc) is 2.39. The number of nitrogens with zero attached hydrogens (tertiary/aromatic N) is 1. The van der Waals surface area contributed by atoms with Crippen LogP contribution < -0.4 is 10.6 Å². The zero-order valence-electron chi connectivity index (χ0n) is 10.4. The topological polar surface area (TPSA) is 101 Å². The van der Waals surface area contributed by atoms with Crippen LogP contribution in [0.3, 0.4) is 0 Å². The molecule has 1 fully saturated rings. The van der Waals surface area contributed by atoms with Crippen LogP contribution in [-0.4, -0.2) is 22.8 Å². The highest BCUT2D eigenvalue weighted by molar-refractivity contribution is 9.10. The van der Waals surface area contributed by atoms with Crippen LogP contribution in [0, 0.1) is 10.1 Å². The second-order valence-electron chi connectivity index (χ2n) is 4.43. The minimum atomic E-state index is -0.473. The lowest BCUT2D eigenvalue weighted by molar-refractivity contribution is -0.385. The van der Waals surface area contributed by atoms with Crippen molar-refractivity contribution in [2.75, 3.05) is 0 Å². The van der Waals surface area contributed by atoms with E-state index in [1.165, 1.54) is 6.07 Å². The molecule has 1 heterocycles. The number of piperidine rings is 1. The zero-order valence-corrected chi connectivity index (χ0v) is 12.0. The number of nitro groups is 1. The number of hydrogen-bond donors (Lipinski definition) is 2. The summed E-state index contributed by atoms with van der Waals surface area (Å²) in [4.78, 5) is 32.9. The molecule has 2 rings (SSSR count). The van der Waals surface area contributed by atoms with Crippen molar-refractivity contribution in [3.8, 4) is 0 Å². The molecule has 0 radical (unpaired) electrons. The Balaban J connectivity index is 2.01. The van der Waals surface area contributed by atoms with E-state index in [4.69, 9.17) is 0 Å². The van der Waals surface area contributed by atoms with Crippen LogP contribution in [0.1, 0.15) is 18.4 Å². The Hall–Kier alpha value is -1.80. The van der Waals surface area contributed by atoms with Crippen LogP contribution >= 0.6 is 15.9 Å². The van der Waals surface area contributed by atoms with Gasteiger partial charge in [0.05, 0.1) is 15.4 Å². The first-order chi connectivity index (χ1) is 9.47. The van der Waals surface area contributed by atoms with Crippen molar-refractivity contribution in [3.05, 3.63) is 38.3 Å². The lowest BCUT2D eigenvalue weighted by Gasteiger charge is -2.21. The minimum Gasteiger partial charge on any atom is -0.302 e. The molecular weight excluding hydrogens is 330 g/mol. The van der Waals surface area contributed by atoms with Gasteiger partial charge in [-0.1, -0.05) is 6.07 Å². The average molecular weight is 342 g/mol. The Kier molecular flexibility index (Phi) is 4.46. The lowest BCUT2D eigenvalue weighted by Crippen LogP contribution is -2.50. The van der Waals surface area contributed by atoms with Gasteiger partial charge in [0.25, 0.3) is 5.69 Å². The van der Waals surface area contributed by atoms with Crippen LogP contribution in [0.5, 0.6) is 0 Å². The van der Waals surface area contributed by atoms with E-state index in [1.54, 1.807) is 12.1 Å². The number of hydrogen-bond acceptors (Lipinski definition) is 5. The maximum absolute atomic E-state index is 11.5. The molecule has 1 aromatic rings. The van der Waals surface area contributed by atoms with Gasteiger partial charge in [0.15, 0.2) is 0 Å². The van der Waals surface area contributed by atoms with Crippen molar-refractivity contribution in [3.63, 3.8) is 0 Å². The first-order valence-electron chi connectivity index (χ1n) is 5.97. The fourth-order valence-corrected chi connectivity index (χ4v) is 2.33. The minimum absolute atomic E-state index is 0.0208. The Morgan fingerprint density at radius 2 is 2.20 bits per heavy atom. The van der Waals surface area contributed by atoms with Crippen molar-refractivity contribution < 1.29 is 14.5 Å². The van der Waals surface area contributed by atoms with Gasteiger partial charge in [0, 0.05) is 19.0 Å². The van der Waals surface area contributed by atoms with Crippen molar-refractivity contribution in [1.82, 2.24) is 10.6 Å². The molecule has 106 valence electrons. The predicted octanol–water partition coefficient (Wildman–Crippen LogP) is 1.25. The molecule has 1 atom stereocenters. The number of carbonyl (C=O) groups excluding carboxylic acids is 2. The van der Waals surface area contributed by atoms with E-state index in [-0.39, 0.29) is 17.5 Å². The third-order valence-corrected chi connectivity index (χ3v) is 3.67. The van der Waals surface area contributed by atoms with Gasteiger partial charge in [-0.25, -0.2) is 0 Å². The smallest absolute Gasteiger partial charge is 0.283 e. The molecular formula is C12H12BrN3O4. The van der Waals surface area contributed by atoms with Crippen molar-refractivity contribution >= 4 is 33.4 Å². The van der Waals surface area contributed by atoms with E-state index < -0.39 is 11.0 Å². The highest BCUT2D eigenvalue weighted by Crippen LogP contribution is 2.25. The van der Waals surface area contributed by atoms with Crippen LogP contribution in [0.4, 0.5) is 5.69 Å². The highest BCUT2D eigenvalue weighted by Gasteiger charge is 2.26. The number of rotatable bonds is 4. The van der Waals surface area contributed by atoms with E-state index in [0.717, 1.165) is 0 Å². The van der Waals surface area contributed by atoms with Gasteiger partial charge < -0.3 is 5.32 Å². The fraction of sp³-hybridized carbons (Fsp3) is 0.333. The van der Waals surface area contributed by atoms with Gasteiger partial charge in [-0.05, 0) is 34.0 Å². The molecule has 1 aromatic carbocycles. The summed E-state index contributed by atoms with van der Waals surface area (Å²) in [6.45, 7) is 0.320. The van der Waals surface area contributed by atoms with E-state index in [0.29, 0.717) is 29.4 Å². The molecule has 7 nitrogen and oxygen atoms in total. The third kappa shape index (κ3) is 3.40. The van der Waals surface area contributed by atoms with E-state index >= 15 is 0 Å². The standard InChI is InChI=1S/C12H12BrN3O4/c13-8-2-1-7(5-10(8)16(19)20)6-14-9-3-4-11(17)15-12(9)18/h1-2,5,9,14H,3-4,6H2,(H,15,17,18). The van der Waals surface area contributed by atoms with Crippen molar-refractivity contribution in [2.45, 2.75) is 25.4 Å². The summed E-state index contributed by atoms with van der Waals surface area (Å²) in [5.41, 5.74) is 0.678. The second-order valence-corrected chi connectivity index (χ2v) is 5.28. The number of nitro benzene ring substituents is 1. The lowest BCUT2D eigenvalue weighted by atomic mass is 10.1. The summed E-state index contributed by atoms with van der Waals surface area (Å²) in [5.74, 6) is -0.625. The number of amides is 2. The van der Waals surface area contributed by atoms with Gasteiger partial charge in [0.2, 0.25) is 11.8 Å². The molecule has 0 saturated carbocycles. The van der Waals surface area contributed by atoms with E-state index in [9.17, 15) is 19.7 Å². The first-order valence-corrected chi connectivity index (χ1v) is 6.76. The summed E-state index contributed by atoms with van der Waals surface area (Å²) in [6.07, 6.45) is 0.729. The number of benzene rings is 1. The van der Waals surface area contributed by atoms with Crippen LogP contribution in [0.15, 0.2) is 22.7 Å². The monoisotopic (exact) mass is 341 g/mol. The molecule has 1 unspecified atom stereocenters. The molecule has 1 aliphatic rings. The number of halogens is 1. The number of nitrogens with one attached hydrogen (secondary N) is 2. The molecule has 2 amide bonds. The zero-order chi connectivity index (χ0) is 14.7. The van der Waals surface area contributed by atoms with Crippen LogP contribution in [0.25, 0.3) is 0 Å². The van der Waals surface area contributed by atoms with Crippen molar-refractivity contribution in [2.24, 2.45) is 0 Å². The normalized spacial score (nSPS) is 18.8. The summed E-state index contributed by atoms with van der Waals surface area (Å²) in [7, 11) is 0. The first kappa shape index (κ1) is 14.6. The Labute approximate surface area is 123 Å². The van der Waals surface area contributed by atoms with Gasteiger partial charge in [-0.2, -0.15) is 0 Å². The number of carbonyl (C=O) groups is 2. The predicted molar refractivity (Wildman–Crippen MR) is 73.8 cm³/mol. The fourth-order valence-electron chi connectivity index (χ4n) is 1.94. The molecule has 1 saturated heterocycles. The van der Waals surface area contributed by atoms with Gasteiger partial charge in [-0.15, -0.1) is 0 Å². The van der Waals surface area contributed by atoms with Crippen molar-refractivity contribution in [1.29, 1.82) is 0 Å². The second kappa shape index (κ2) is 6.10. The Bertz CT molecular complexity index is 576. The molecule has 2 N–H and O–H groups in total. The summed E-state index contributed by atoms with van der Waals surface area (Å²) >= 11 is 3.11. The summed E-state index contributed by atoms with van der Waals surface area (Å²) < 4.78 is 0.409. The molecule has 20 heavy (non-hydrogen) atoms. The SMILES string of the molecule is O=C1CCC(NCc2ccc(Br)c([N+](=O)[O-])c2)C(=O)N1. The maximum atomic E-state index is 11.5. The van der Waals surface area contributed by atoms with E-state index in [2.05, 4.69) is 26.6 Å². The molecule has 1 aliphatic heterocycles. The highest BCUT2D eigenvalue weighted by atomic mass is 79.9. The molecule has 0 aliphatic carbocycles. The van der Waals surface area contributed by atoms with Crippen LogP contribution in [-0.2, 0) is 16.1 Å². The quantitative estimate of drug-likeness (QED) is 0.487. The molecule has 8 heteroatoms. The Morgan fingerprint density at radius 3 is 2.85 bits per heavy atom. The summed E-state index contributed by atoms with van der Waals surface area (Å²) in [6, 6.07) is 4.33. The summed E-state index contributed by atoms with van der Waals surface area (Å²) in [5, 5.41) is 16.1. The Morgan fingerprint density at radius 1 is 1.45 bits per heavy atom. The number of imide groups is 1. The van der Waals surface area contributed by atoms with E-state index in [1.807, 2.05) is 0 Å². The third-order valence-electron chi connectivity index (χ3n) is 3.00. The molecule has 0 bridgehead atoms. The van der Waals surface area contributed by atoms with Gasteiger partial charge in [-0.3, -0.25) is 25.0 Å². The van der Waals surface area contributed by atoms with Crippen LogP contribution in [0.2, 0.25) is 0 Å².